The van der Waals surface area contributed by atoms with Gasteiger partial charge in [0.15, 0.2) is 0 Å². The highest BCUT2D eigenvalue weighted by molar-refractivity contribution is 4.84. The van der Waals surface area contributed by atoms with Crippen LogP contribution in [-0.4, -0.2) is 24.9 Å². The molecule has 0 bridgehead atoms. The van der Waals surface area contributed by atoms with E-state index in [1.165, 1.54) is 6.42 Å². The maximum Gasteiger partial charge on any atom is 0.0612 e. The highest BCUT2D eigenvalue weighted by Crippen LogP contribution is 2.14. The van der Waals surface area contributed by atoms with Gasteiger partial charge in [0.1, 0.15) is 0 Å². The molecule has 0 fully saturated rings. The van der Waals surface area contributed by atoms with E-state index in [-0.39, 0.29) is 6.61 Å². The number of ether oxygens (including phenoxy) is 1. The normalized spacial score (nSPS) is 16.3. The third kappa shape index (κ3) is 6.79. The first kappa shape index (κ1) is 12.7. The Morgan fingerprint density at radius 3 is 2.54 bits per heavy atom. The Morgan fingerprint density at radius 2 is 2.08 bits per heavy atom. The molecule has 2 atom stereocenters. The molecule has 0 aromatic carbocycles. The zero-order chi connectivity index (χ0) is 10.1. The second kappa shape index (κ2) is 8.27. The number of methoxy groups -OCH3 is 1. The molecule has 0 heterocycles. The Balaban J connectivity index is 3.68. The Kier molecular flexibility index (Phi) is 8.05. The number of hydrogen-bond acceptors (Lipinski definition) is 2. The quantitative estimate of drug-likeness (QED) is 0.618. The van der Waals surface area contributed by atoms with Gasteiger partial charge in [0, 0.05) is 7.11 Å². The van der Waals surface area contributed by atoms with Gasteiger partial charge in [-0.25, -0.2) is 0 Å². The van der Waals surface area contributed by atoms with Crippen molar-refractivity contribution in [2.24, 2.45) is 5.92 Å². The van der Waals surface area contributed by atoms with Gasteiger partial charge in [0.25, 0.3) is 0 Å². The molecule has 0 aromatic heterocycles. The predicted molar refractivity (Wildman–Crippen MR) is 55.7 cm³/mol. The molecule has 2 heteroatoms. The molecule has 1 N–H and O–H groups in total. The average molecular weight is 186 g/mol. The van der Waals surface area contributed by atoms with Crippen molar-refractivity contribution in [1.82, 2.24) is 0 Å². The van der Waals surface area contributed by atoms with Crippen LogP contribution in [0.4, 0.5) is 0 Å². The van der Waals surface area contributed by atoms with Crippen molar-refractivity contribution >= 4 is 0 Å². The average Bonchev–Trinajstić information content (AvgIpc) is 2.16. The van der Waals surface area contributed by atoms with Gasteiger partial charge in [-0.15, -0.1) is 0 Å². The molecule has 2 unspecified atom stereocenters. The molecular weight excluding hydrogens is 164 g/mol. The summed E-state index contributed by atoms with van der Waals surface area (Å²) in [7, 11) is 1.75. The topological polar surface area (TPSA) is 29.5 Å². The lowest BCUT2D eigenvalue weighted by molar-refractivity contribution is 0.0841. The maximum atomic E-state index is 8.55. The molecule has 13 heavy (non-hydrogen) atoms. The zero-order valence-electron chi connectivity index (χ0n) is 8.99. The van der Waals surface area contributed by atoms with Gasteiger partial charge in [0.05, 0.1) is 12.7 Å². The van der Waals surface area contributed by atoms with Gasteiger partial charge in [-0.05, 0) is 18.8 Å². The summed E-state index contributed by atoms with van der Waals surface area (Å²) in [5.74, 6) is 0.715. The summed E-state index contributed by atoms with van der Waals surface area (Å²) < 4.78 is 5.34. The maximum absolute atomic E-state index is 8.55. The van der Waals surface area contributed by atoms with Crippen molar-refractivity contribution in [2.45, 2.75) is 39.2 Å². The standard InChI is InChI=1S/C11H22O2/c1-4-10(2)9-11(13-3)7-5-6-8-12/h5-6,10-12H,4,7-9H2,1-3H3. The van der Waals surface area contributed by atoms with E-state index in [1.54, 1.807) is 13.2 Å². The van der Waals surface area contributed by atoms with Gasteiger partial charge < -0.3 is 9.84 Å². The smallest absolute Gasteiger partial charge is 0.0612 e. The third-order valence-corrected chi connectivity index (χ3v) is 2.37. The van der Waals surface area contributed by atoms with E-state index in [2.05, 4.69) is 13.8 Å². The lowest BCUT2D eigenvalue weighted by atomic mass is 9.99. The van der Waals surface area contributed by atoms with E-state index in [0.717, 1.165) is 12.8 Å². The van der Waals surface area contributed by atoms with Crippen LogP contribution >= 0.6 is 0 Å². The fourth-order valence-electron chi connectivity index (χ4n) is 1.23. The van der Waals surface area contributed by atoms with Gasteiger partial charge in [0.2, 0.25) is 0 Å². The van der Waals surface area contributed by atoms with E-state index in [1.807, 2.05) is 6.08 Å². The molecule has 2 nitrogen and oxygen atoms in total. The van der Waals surface area contributed by atoms with E-state index in [0.29, 0.717) is 12.0 Å². The number of hydrogen-bond donors (Lipinski definition) is 1. The molecule has 0 amide bonds. The molecular formula is C11H22O2. The van der Waals surface area contributed by atoms with Crippen molar-refractivity contribution in [3.05, 3.63) is 12.2 Å². The summed E-state index contributed by atoms with van der Waals surface area (Å²) in [4.78, 5) is 0. The van der Waals surface area contributed by atoms with Crippen LogP contribution in [0, 0.1) is 5.92 Å². The van der Waals surface area contributed by atoms with E-state index >= 15 is 0 Å². The Hall–Kier alpha value is -0.340. The Bertz CT molecular complexity index is 132. The van der Waals surface area contributed by atoms with Crippen molar-refractivity contribution < 1.29 is 9.84 Å². The molecule has 0 aromatic rings. The van der Waals surface area contributed by atoms with Crippen LogP contribution in [0.1, 0.15) is 33.1 Å². The first-order valence-corrected chi connectivity index (χ1v) is 5.03. The first-order chi connectivity index (χ1) is 6.24. The lowest BCUT2D eigenvalue weighted by Gasteiger charge is -2.17. The fourth-order valence-corrected chi connectivity index (χ4v) is 1.23. The van der Waals surface area contributed by atoms with Gasteiger partial charge in [-0.2, -0.15) is 0 Å². The first-order valence-electron chi connectivity index (χ1n) is 5.03. The molecule has 0 radical (unpaired) electrons. The summed E-state index contributed by atoms with van der Waals surface area (Å²) in [6.07, 6.45) is 7.25. The summed E-state index contributed by atoms with van der Waals surface area (Å²) in [5.41, 5.74) is 0. The highest BCUT2D eigenvalue weighted by Gasteiger charge is 2.09. The monoisotopic (exact) mass is 186 g/mol. The Morgan fingerprint density at radius 1 is 1.38 bits per heavy atom. The van der Waals surface area contributed by atoms with E-state index in [4.69, 9.17) is 9.84 Å². The summed E-state index contributed by atoms with van der Waals surface area (Å²) in [5, 5.41) is 8.55. The van der Waals surface area contributed by atoms with Crippen molar-refractivity contribution in [3.8, 4) is 0 Å². The molecule has 0 aliphatic heterocycles. The number of aliphatic hydroxyl groups excluding tert-OH is 1. The molecule has 78 valence electrons. The summed E-state index contributed by atoms with van der Waals surface area (Å²) in [6.45, 7) is 4.56. The summed E-state index contributed by atoms with van der Waals surface area (Å²) in [6, 6.07) is 0. The number of aliphatic hydroxyl groups is 1. The van der Waals surface area contributed by atoms with Crippen molar-refractivity contribution in [3.63, 3.8) is 0 Å². The lowest BCUT2D eigenvalue weighted by Crippen LogP contribution is -2.13. The van der Waals surface area contributed by atoms with E-state index < -0.39 is 0 Å². The zero-order valence-corrected chi connectivity index (χ0v) is 8.99. The van der Waals surface area contributed by atoms with Crippen LogP contribution in [0.25, 0.3) is 0 Å². The second-order valence-corrected chi connectivity index (χ2v) is 3.50. The van der Waals surface area contributed by atoms with Crippen LogP contribution in [0.5, 0.6) is 0 Å². The highest BCUT2D eigenvalue weighted by atomic mass is 16.5. The predicted octanol–water partition coefficient (Wildman–Crippen LogP) is 2.38. The van der Waals surface area contributed by atoms with Crippen LogP contribution in [0.2, 0.25) is 0 Å². The van der Waals surface area contributed by atoms with Gasteiger partial charge in [-0.3, -0.25) is 0 Å². The third-order valence-electron chi connectivity index (χ3n) is 2.37. The minimum absolute atomic E-state index is 0.125. The van der Waals surface area contributed by atoms with Crippen LogP contribution in [-0.2, 0) is 4.74 Å². The molecule has 0 spiro atoms. The summed E-state index contributed by atoms with van der Waals surface area (Å²) >= 11 is 0. The van der Waals surface area contributed by atoms with Crippen LogP contribution < -0.4 is 0 Å². The molecule has 0 rings (SSSR count). The SMILES string of the molecule is CCC(C)CC(CC=CCO)OC. The molecule has 0 aliphatic rings. The largest absolute Gasteiger partial charge is 0.392 e. The molecule has 0 saturated carbocycles. The minimum atomic E-state index is 0.125. The minimum Gasteiger partial charge on any atom is -0.392 e. The van der Waals surface area contributed by atoms with Gasteiger partial charge >= 0.3 is 0 Å². The molecule has 0 aliphatic carbocycles. The fraction of sp³-hybridized carbons (Fsp3) is 0.818. The number of rotatable bonds is 7. The van der Waals surface area contributed by atoms with Crippen molar-refractivity contribution in [1.29, 1.82) is 0 Å². The van der Waals surface area contributed by atoms with E-state index in [9.17, 15) is 0 Å². The van der Waals surface area contributed by atoms with Gasteiger partial charge in [-0.1, -0.05) is 32.4 Å². The Labute approximate surface area is 81.6 Å². The van der Waals surface area contributed by atoms with Crippen LogP contribution in [0.3, 0.4) is 0 Å². The van der Waals surface area contributed by atoms with Crippen LogP contribution in [0.15, 0.2) is 12.2 Å². The molecule has 0 saturated heterocycles. The second-order valence-electron chi connectivity index (χ2n) is 3.50. The van der Waals surface area contributed by atoms with Crippen molar-refractivity contribution in [2.75, 3.05) is 13.7 Å².